The molecule has 8 heteroatoms. The van der Waals surface area contributed by atoms with Gasteiger partial charge in [0, 0.05) is 10.9 Å². The summed E-state index contributed by atoms with van der Waals surface area (Å²) in [5, 5.41) is 2.18. The van der Waals surface area contributed by atoms with E-state index in [-0.39, 0.29) is 11.5 Å². The van der Waals surface area contributed by atoms with Crippen molar-refractivity contribution in [3.63, 3.8) is 0 Å². The highest BCUT2D eigenvalue weighted by molar-refractivity contribution is 8.00. The molecule has 0 unspecified atom stereocenters. The first-order chi connectivity index (χ1) is 11.7. The van der Waals surface area contributed by atoms with Gasteiger partial charge >= 0.3 is 5.97 Å². The number of aryl methyl sites for hydroxylation is 1. The maximum Gasteiger partial charge on any atom is 0.319 e. The average Bonchev–Trinajstić information content (AvgIpc) is 2.88. The Hall–Kier alpha value is -1.54. The first kappa shape index (κ1) is 19.8. The topological polar surface area (TPSA) is 89.5 Å². The van der Waals surface area contributed by atoms with Gasteiger partial charge in [-0.2, -0.15) is 0 Å². The van der Waals surface area contributed by atoms with Crippen LogP contribution in [0.1, 0.15) is 25.8 Å². The molecule has 6 nitrogen and oxygen atoms in total. The second kappa shape index (κ2) is 8.23. The fraction of sp³-hybridized carbons (Fsp3) is 0.529. The molecule has 1 aliphatic rings. The standard InChI is InChI=1S/C17H23NO5S2/c1-11-4-6-15(7-5-11)24-13(3)17(20)23-12(2)16(19)18-14-8-9-25(21,22)10-14/h4-7,12-14H,8-10H2,1-3H3,(H,18,19)/t12-,13+,14-/m1/s1. The van der Waals surface area contributed by atoms with Gasteiger partial charge in [-0.05, 0) is 39.3 Å². The molecule has 0 spiro atoms. The van der Waals surface area contributed by atoms with E-state index in [9.17, 15) is 18.0 Å². The minimum Gasteiger partial charge on any atom is -0.452 e. The molecule has 0 saturated carbocycles. The lowest BCUT2D eigenvalue weighted by atomic mass is 10.2. The third kappa shape index (κ3) is 6.04. The van der Waals surface area contributed by atoms with Crippen LogP contribution < -0.4 is 5.32 Å². The van der Waals surface area contributed by atoms with Crippen LogP contribution in [0.15, 0.2) is 29.2 Å². The molecule has 0 aromatic heterocycles. The summed E-state index contributed by atoms with van der Waals surface area (Å²) in [6.07, 6.45) is -0.564. The molecule has 1 aromatic rings. The van der Waals surface area contributed by atoms with Gasteiger partial charge in [0.2, 0.25) is 0 Å². The number of carbonyl (C=O) groups excluding carboxylic acids is 2. The Labute approximate surface area is 152 Å². The lowest BCUT2D eigenvalue weighted by molar-refractivity contribution is -0.154. The van der Waals surface area contributed by atoms with E-state index >= 15 is 0 Å². The van der Waals surface area contributed by atoms with Crippen molar-refractivity contribution in [2.75, 3.05) is 11.5 Å². The van der Waals surface area contributed by atoms with Gasteiger partial charge in [0.1, 0.15) is 5.25 Å². The number of hydrogen-bond donors (Lipinski definition) is 1. The molecule has 1 fully saturated rings. The first-order valence-electron chi connectivity index (χ1n) is 8.11. The van der Waals surface area contributed by atoms with Crippen molar-refractivity contribution in [3.8, 4) is 0 Å². The number of ether oxygens (including phenoxy) is 1. The molecular weight excluding hydrogens is 362 g/mol. The minimum atomic E-state index is -3.07. The Morgan fingerprint density at radius 2 is 1.88 bits per heavy atom. The van der Waals surface area contributed by atoms with Gasteiger partial charge in [0.25, 0.3) is 5.91 Å². The van der Waals surface area contributed by atoms with Crippen LogP contribution in [-0.2, 0) is 24.2 Å². The highest BCUT2D eigenvalue weighted by Crippen LogP contribution is 2.24. The molecule has 1 aromatic carbocycles. The molecule has 138 valence electrons. The molecule has 1 amide bonds. The number of nitrogens with one attached hydrogen (secondary N) is 1. The molecule has 1 heterocycles. The second-order valence-corrected chi connectivity index (χ2v) is 9.90. The molecule has 1 saturated heterocycles. The molecule has 0 radical (unpaired) electrons. The zero-order valence-corrected chi connectivity index (χ0v) is 16.2. The van der Waals surface area contributed by atoms with Gasteiger partial charge in [0.15, 0.2) is 15.9 Å². The highest BCUT2D eigenvalue weighted by Gasteiger charge is 2.31. The Morgan fingerprint density at radius 1 is 1.24 bits per heavy atom. The molecule has 1 N–H and O–H groups in total. The van der Waals surface area contributed by atoms with Crippen LogP contribution in [0.2, 0.25) is 0 Å². The van der Waals surface area contributed by atoms with E-state index in [0.717, 1.165) is 10.5 Å². The Balaban J connectivity index is 1.82. The predicted molar refractivity (Wildman–Crippen MR) is 97.3 cm³/mol. The lowest BCUT2D eigenvalue weighted by Gasteiger charge is -2.18. The number of amides is 1. The lowest BCUT2D eigenvalue weighted by Crippen LogP contribution is -2.43. The molecule has 25 heavy (non-hydrogen) atoms. The quantitative estimate of drug-likeness (QED) is 0.592. The summed E-state index contributed by atoms with van der Waals surface area (Å²) in [7, 11) is -3.07. The van der Waals surface area contributed by atoms with Gasteiger partial charge < -0.3 is 10.1 Å². The van der Waals surface area contributed by atoms with Gasteiger partial charge in [-0.25, -0.2) is 8.42 Å². The molecule has 3 atom stereocenters. The third-order valence-electron chi connectivity index (χ3n) is 3.91. The van der Waals surface area contributed by atoms with Crippen LogP contribution in [0.25, 0.3) is 0 Å². The molecule has 0 bridgehead atoms. The number of hydrogen-bond acceptors (Lipinski definition) is 6. The van der Waals surface area contributed by atoms with E-state index in [1.165, 1.54) is 18.7 Å². The Morgan fingerprint density at radius 3 is 2.44 bits per heavy atom. The molecular formula is C17H23NO5S2. The Bertz CT molecular complexity index is 730. The van der Waals surface area contributed by atoms with Crippen molar-refractivity contribution in [2.45, 2.75) is 49.5 Å². The predicted octanol–water partition coefficient (Wildman–Crippen LogP) is 1.71. The summed E-state index contributed by atoms with van der Waals surface area (Å²) in [4.78, 5) is 25.2. The number of esters is 1. The summed E-state index contributed by atoms with van der Waals surface area (Å²) in [5.41, 5.74) is 1.14. The maximum absolute atomic E-state index is 12.2. The van der Waals surface area contributed by atoms with E-state index in [0.29, 0.717) is 6.42 Å². The smallest absolute Gasteiger partial charge is 0.319 e. The number of carbonyl (C=O) groups is 2. The monoisotopic (exact) mass is 385 g/mol. The third-order valence-corrected chi connectivity index (χ3v) is 6.77. The SMILES string of the molecule is Cc1ccc(S[C@@H](C)C(=O)O[C@H](C)C(=O)N[C@@H]2CCS(=O)(=O)C2)cc1. The van der Waals surface area contributed by atoms with Gasteiger partial charge in [-0.1, -0.05) is 17.7 Å². The first-order valence-corrected chi connectivity index (χ1v) is 10.8. The second-order valence-electron chi connectivity index (χ2n) is 6.26. The minimum absolute atomic E-state index is 0.0565. The summed E-state index contributed by atoms with van der Waals surface area (Å²) < 4.78 is 28.0. The van der Waals surface area contributed by atoms with E-state index in [1.54, 1.807) is 6.92 Å². The van der Waals surface area contributed by atoms with Crippen molar-refractivity contribution in [2.24, 2.45) is 0 Å². The van der Waals surface area contributed by atoms with Crippen molar-refractivity contribution >= 4 is 33.5 Å². The van der Waals surface area contributed by atoms with Crippen LogP contribution in [0.5, 0.6) is 0 Å². The van der Waals surface area contributed by atoms with Crippen LogP contribution in [0, 0.1) is 6.92 Å². The largest absolute Gasteiger partial charge is 0.452 e. The molecule has 2 rings (SSSR count). The van der Waals surface area contributed by atoms with E-state index in [4.69, 9.17) is 4.74 Å². The molecule has 0 aliphatic carbocycles. The zero-order chi connectivity index (χ0) is 18.6. The number of sulfone groups is 1. The van der Waals surface area contributed by atoms with Crippen molar-refractivity contribution in [1.82, 2.24) is 5.32 Å². The van der Waals surface area contributed by atoms with Crippen LogP contribution in [-0.4, -0.2) is 49.2 Å². The fourth-order valence-corrected chi connectivity index (χ4v) is 4.95. The average molecular weight is 386 g/mol. The summed E-state index contributed by atoms with van der Waals surface area (Å²) >= 11 is 1.36. The highest BCUT2D eigenvalue weighted by atomic mass is 32.2. The van der Waals surface area contributed by atoms with Crippen LogP contribution >= 0.6 is 11.8 Å². The van der Waals surface area contributed by atoms with E-state index < -0.39 is 39.1 Å². The van der Waals surface area contributed by atoms with E-state index in [2.05, 4.69) is 5.32 Å². The van der Waals surface area contributed by atoms with E-state index in [1.807, 2.05) is 31.2 Å². The number of rotatable bonds is 6. The zero-order valence-electron chi connectivity index (χ0n) is 14.5. The number of thioether (sulfide) groups is 1. The fourth-order valence-electron chi connectivity index (χ4n) is 2.42. The van der Waals surface area contributed by atoms with Crippen molar-refractivity contribution < 1.29 is 22.7 Å². The van der Waals surface area contributed by atoms with Crippen molar-refractivity contribution in [1.29, 1.82) is 0 Å². The van der Waals surface area contributed by atoms with Crippen molar-refractivity contribution in [3.05, 3.63) is 29.8 Å². The van der Waals surface area contributed by atoms with Crippen LogP contribution in [0.3, 0.4) is 0 Å². The summed E-state index contributed by atoms with van der Waals surface area (Å²) in [6, 6.07) is 7.39. The van der Waals surface area contributed by atoms with Gasteiger partial charge in [0.05, 0.1) is 11.5 Å². The van der Waals surface area contributed by atoms with Gasteiger partial charge in [-0.15, -0.1) is 11.8 Å². The maximum atomic E-state index is 12.2. The number of benzene rings is 1. The van der Waals surface area contributed by atoms with Crippen LogP contribution in [0.4, 0.5) is 0 Å². The normalized spacial score (nSPS) is 21.3. The van der Waals surface area contributed by atoms with Gasteiger partial charge in [-0.3, -0.25) is 9.59 Å². The summed E-state index contributed by atoms with van der Waals surface area (Å²) in [6.45, 7) is 5.20. The summed E-state index contributed by atoms with van der Waals surface area (Å²) in [5.74, 6) is -0.926. The Kier molecular flexibility index (Phi) is 6.51. The molecule has 1 aliphatic heterocycles.